The molecule has 0 aromatic heterocycles. The number of ether oxygens (including phenoxy) is 1. The van der Waals surface area contributed by atoms with Gasteiger partial charge in [0.15, 0.2) is 0 Å². The lowest BCUT2D eigenvalue weighted by atomic mass is 11.0. The molecule has 0 radical (unpaired) electrons. The molecule has 0 bridgehead atoms. The molecule has 0 aromatic rings. The van der Waals surface area contributed by atoms with Gasteiger partial charge in [-0.3, -0.25) is 0 Å². The van der Waals surface area contributed by atoms with Crippen molar-refractivity contribution in [2.24, 2.45) is 0 Å². The Morgan fingerprint density at radius 2 is 1.43 bits per heavy atom. The van der Waals surface area contributed by atoms with Crippen LogP contribution in [0.4, 0.5) is 8.78 Å². The molecular formula is C4H4F2O. The second-order valence-corrected chi connectivity index (χ2v) is 0.660. The van der Waals surface area contributed by atoms with E-state index in [1.165, 1.54) is 0 Å². The Bertz CT molecular complexity index is 67.8. The predicted molar refractivity (Wildman–Crippen MR) is 21.6 cm³/mol. The van der Waals surface area contributed by atoms with Crippen molar-refractivity contribution in [2.75, 3.05) is 0 Å². The minimum absolute atomic E-state index is 0.167. The molecular weight excluding hydrogens is 102 g/mol. The van der Waals surface area contributed by atoms with Gasteiger partial charge in [-0.05, 0) is 0 Å². The summed E-state index contributed by atoms with van der Waals surface area (Å²) in [5, 5.41) is 0. The Labute approximate surface area is 39.9 Å². The zero-order valence-electron chi connectivity index (χ0n) is 3.47. The average Bonchev–Trinajstić information content (AvgIpc) is 1.69. The molecule has 0 aliphatic carbocycles. The van der Waals surface area contributed by atoms with Crippen LogP contribution in [-0.2, 0) is 4.74 Å². The van der Waals surface area contributed by atoms with Gasteiger partial charge >= 0.3 is 0 Å². The van der Waals surface area contributed by atoms with E-state index in [0.717, 1.165) is 12.5 Å². The maximum atomic E-state index is 10.9. The molecule has 0 aliphatic heterocycles. The first-order valence-corrected chi connectivity index (χ1v) is 1.57. The van der Waals surface area contributed by atoms with E-state index in [0.29, 0.717) is 0 Å². The van der Waals surface area contributed by atoms with Crippen molar-refractivity contribution in [3.05, 3.63) is 25.2 Å². The van der Waals surface area contributed by atoms with Gasteiger partial charge in [-0.15, -0.1) is 0 Å². The summed E-state index contributed by atoms with van der Waals surface area (Å²) in [4.78, 5) is 0. The van der Waals surface area contributed by atoms with E-state index < -0.39 is 0 Å². The highest BCUT2D eigenvalue weighted by Gasteiger charge is 1.61. The summed E-state index contributed by atoms with van der Waals surface area (Å²) in [6.45, 7) is 0. The first-order valence-electron chi connectivity index (χ1n) is 1.57. The van der Waals surface area contributed by atoms with E-state index in [2.05, 4.69) is 4.74 Å². The van der Waals surface area contributed by atoms with Gasteiger partial charge in [-0.2, -0.15) is 0 Å². The highest BCUT2D eigenvalue weighted by molar-refractivity contribution is 4.66. The Balaban J connectivity index is 2.98. The number of hydrogen-bond donors (Lipinski definition) is 0. The molecule has 0 N–H and O–H groups in total. The second kappa shape index (κ2) is 5.14. The molecule has 0 fully saturated rings. The van der Waals surface area contributed by atoms with Crippen molar-refractivity contribution in [3.8, 4) is 0 Å². The second-order valence-electron chi connectivity index (χ2n) is 0.660. The quantitative estimate of drug-likeness (QED) is 0.488. The predicted octanol–water partition coefficient (Wildman–Crippen LogP) is 1.88. The molecule has 0 aliphatic rings. The van der Waals surface area contributed by atoms with E-state index in [1.54, 1.807) is 0 Å². The smallest absolute Gasteiger partial charge is 0.122 e. The van der Waals surface area contributed by atoms with Crippen LogP contribution in [0, 0.1) is 0 Å². The molecule has 0 saturated heterocycles. The van der Waals surface area contributed by atoms with Gasteiger partial charge in [0, 0.05) is 0 Å². The molecule has 3 heteroatoms. The average molecular weight is 106 g/mol. The van der Waals surface area contributed by atoms with E-state index in [1.807, 2.05) is 0 Å². The van der Waals surface area contributed by atoms with Crippen LogP contribution >= 0.6 is 0 Å². The maximum absolute atomic E-state index is 10.9. The molecule has 0 amide bonds. The molecule has 0 saturated carbocycles. The lowest BCUT2D eigenvalue weighted by molar-refractivity contribution is 0.382. The summed E-state index contributed by atoms with van der Waals surface area (Å²) in [6.07, 6.45) is 1.77. The van der Waals surface area contributed by atoms with Gasteiger partial charge in [0.2, 0.25) is 0 Å². The van der Waals surface area contributed by atoms with Gasteiger partial charge in [0.25, 0.3) is 0 Å². The highest BCUT2D eigenvalue weighted by atomic mass is 19.1. The lowest BCUT2D eigenvalue weighted by Gasteiger charge is -1.79. The van der Waals surface area contributed by atoms with Crippen LogP contribution in [0.1, 0.15) is 0 Å². The van der Waals surface area contributed by atoms with E-state index in [-0.39, 0.29) is 12.7 Å². The lowest BCUT2D eigenvalue weighted by Crippen LogP contribution is -1.58. The van der Waals surface area contributed by atoms with Crippen molar-refractivity contribution >= 4 is 0 Å². The van der Waals surface area contributed by atoms with E-state index in [9.17, 15) is 8.78 Å². The number of halogens is 2. The van der Waals surface area contributed by atoms with Gasteiger partial charge < -0.3 is 4.74 Å². The third-order valence-corrected chi connectivity index (χ3v) is 0.260. The van der Waals surface area contributed by atoms with Crippen LogP contribution in [0.2, 0.25) is 0 Å². The summed E-state index contributed by atoms with van der Waals surface area (Å²) >= 11 is 0. The third kappa shape index (κ3) is 5.14. The molecule has 7 heavy (non-hydrogen) atoms. The standard InChI is InChI=1S/C4H4F2O/c5-1-3-7-4-2-6/h1-4H/b3-1+,4-2+. The fourth-order valence-electron chi connectivity index (χ4n) is 0.105. The van der Waals surface area contributed by atoms with Crippen LogP contribution < -0.4 is 0 Å². The number of rotatable bonds is 2. The first-order chi connectivity index (χ1) is 3.41. The zero-order chi connectivity index (χ0) is 5.54. The summed E-state index contributed by atoms with van der Waals surface area (Å²) in [5.74, 6) is 0. The molecule has 0 heterocycles. The molecule has 1 nitrogen and oxygen atoms in total. The topological polar surface area (TPSA) is 9.23 Å². The SMILES string of the molecule is F/C=C/O/C=C/F. The Morgan fingerprint density at radius 1 is 1.00 bits per heavy atom. The fraction of sp³-hybridized carbons (Fsp3) is 0. The van der Waals surface area contributed by atoms with Crippen LogP contribution in [0.5, 0.6) is 0 Å². The molecule has 0 spiro atoms. The van der Waals surface area contributed by atoms with Gasteiger partial charge in [-0.25, -0.2) is 8.78 Å². The highest BCUT2D eigenvalue weighted by Crippen LogP contribution is 1.79. The molecule has 40 valence electrons. The fourth-order valence-corrected chi connectivity index (χ4v) is 0.105. The molecule has 0 aromatic carbocycles. The molecule has 0 atom stereocenters. The molecule has 0 unspecified atom stereocenters. The van der Waals surface area contributed by atoms with E-state index in [4.69, 9.17) is 0 Å². The van der Waals surface area contributed by atoms with Crippen LogP contribution in [0.3, 0.4) is 0 Å². The minimum atomic E-state index is 0.167. The zero-order valence-corrected chi connectivity index (χ0v) is 3.47. The Kier molecular flexibility index (Phi) is 4.51. The van der Waals surface area contributed by atoms with Gasteiger partial charge in [-0.1, -0.05) is 0 Å². The van der Waals surface area contributed by atoms with Gasteiger partial charge in [0.05, 0.1) is 0 Å². The van der Waals surface area contributed by atoms with Crippen LogP contribution in [0.25, 0.3) is 0 Å². The van der Waals surface area contributed by atoms with Crippen molar-refractivity contribution in [1.29, 1.82) is 0 Å². The van der Waals surface area contributed by atoms with Crippen LogP contribution in [-0.4, -0.2) is 0 Å². The monoisotopic (exact) mass is 106 g/mol. The van der Waals surface area contributed by atoms with E-state index >= 15 is 0 Å². The van der Waals surface area contributed by atoms with Gasteiger partial charge in [0.1, 0.15) is 25.2 Å². The van der Waals surface area contributed by atoms with Crippen molar-refractivity contribution in [3.63, 3.8) is 0 Å². The number of hydrogen-bond acceptors (Lipinski definition) is 1. The Hall–Kier alpha value is -0.860. The summed E-state index contributed by atoms with van der Waals surface area (Å²) < 4.78 is 25.7. The Morgan fingerprint density at radius 3 is 1.71 bits per heavy atom. The van der Waals surface area contributed by atoms with Crippen LogP contribution in [0.15, 0.2) is 25.2 Å². The van der Waals surface area contributed by atoms with Crippen molar-refractivity contribution in [1.82, 2.24) is 0 Å². The minimum Gasteiger partial charge on any atom is -0.468 e. The maximum Gasteiger partial charge on any atom is 0.122 e. The molecule has 0 rings (SSSR count). The van der Waals surface area contributed by atoms with Crippen molar-refractivity contribution < 1.29 is 13.5 Å². The summed E-state index contributed by atoms with van der Waals surface area (Å²) in [5.41, 5.74) is 0. The summed E-state index contributed by atoms with van der Waals surface area (Å²) in [7, 11) is 0. The first kappa shape index (κ1) is 6.14. The largest absolute Gasteiger partial charge is 0.468 e. The normalized spacial score (nSPS) is 11.1. The van der Waals surface area contributed by atoms with Crippen molar-refractivity contribution in [2.45, 2.75) is 0 Å². The summed E-state index contributed by atoms with van der Waals surface area (Å²) in [6, 6.07) is 0. The third-order valence-electron chi connectivity index (χ3n) is 0.260.